The molecule has 0 aliphatic carbocycles. The quantitative estimate of drug-likeness (QED) is 0.814. The lowest BCUT2D eigenvalue weighted by Gasteiger charge is -2.08. The zero-order valence-electron chi connectivity index (χ0n) is 11.6. The molecule has 20 heavy (non-hydrogen) atoms. The molecule has 2 aromatic rings. The summed E-state index contributed by atoms with van der Waals surface area (Å²) >= 11 is 0. The maximum atomic E-state index is 13.0. The van der Waals surface area contributed by atoms with Gasteiger partial charge in [0.15, 0.2) is 0 Å². The van der Waals surface area contributed by atoms with E-state index in [0.717, 1.165) is 30.8 Å². The molecular weight excluding hydrogens is 255 g/mol. The summed E-state index contributed by atoms with van der Waals surface area (Å²) in [6.45, 7) is 3.65. The van der Waals surface area contributed by atoms with Crippen molar-refractivity contribution in [2.24, 2.45) is 0 Å². The molecule has 0 spiro atoms. The predicted octanol–water partition coefficient (Wildman–Crippen LogP) is 3.09. The molecule has 0 saturated carbocycles. The first kappa shape index (κ1) is 14.2. The van der Waals surface area contributed by atoms with Crippen molar-refractivity contribution in [3.63, 3.8) is 0 Å². The Balaban J connectivity index is 1.84. The molecule has 0 fully saturated rings. The Morgan fingerprint density at radius 3 is 2.85 bits per heavy atom. The van der Waals surface area contributed by atoms with Gasteiger partial charge >= 0.3 is 0 Å². The molecule has 0 radical (unpaired) electrons. The minimum atomic E-state index is -0.199. The Labute approximate surface area is 118 Å². The maximum Gasteiger partial charge on any atom is 0.224 e. The lowest BCUT2D eigenvalue weighted by molar-refractivity contribution is 0.625. The van der Waals surface area contributed by atoms with E-state index in [1.54, 1.807) is 18.3 Å². The summed E-state index contributed by atoms with van der Waals surface area (Å²) in [6.07, 6.45) is 3.50. The zero-order chi connectivity index (χ0) is 14.2. The molecule has 1 aromatic heterocycles. The van der Waals surface area contributed by atoms with Crippen LogP contribution < -0.4 is 10.6 Å². The van der Waals surface area contributed by atoms with E-state index >= 15 is 0 Å². The zero-order valence-corrected chi connectivity index (χ0v) is 11.6. The molecule has 106 valence electrons. The molecule has 5 heteroatoms. The van der Waals surface area contributed by atoms with Crippen molar-refractivity contribution in [1.29, 1.82) is 0 Å². The van der Waals surface area contributed by atoms with Crippen LogP contribution in [0.4, 0.5) is 16.2 Å². The predicted molar refractivity (Wildman–Crippen MR) is 79.4 cm³/mol. The Hall–Kier alpha value is -2.17. The lowest BCUT2D eigenvalue weighted by atomic mass is 10.1. The van der Waals surface area contributed by atoms with Gasteiger partial charge in [0.05, 0.1) is 0 Å². The standard InChI is InChI=1S/C15H19FN4/c1-2-8-18-15-19-10-7-14(20-15)17-9-6-12-4-3-5-13(16)11-12/h3-5,7,10-11H,2,6,8-9H2,1H3,(H2,17,18,19,20). The van der Waals surface area contributed by atoms with Crippen LogP contribution in [0.3, 0.4) is 0 Å². The normalized spacial score (nSPS) is 10.3. The minimum Gasteiger partial charge on any atom is -0.370 e. The van der Waals surface area contributed by atoms with Crippen LogP contribution in [0, 0.1) is 5.82 Å². The Bertz CT molecular complexity index is 545. The average molecular weight is 274 g/mol. The van der Waals surface area contributed by atoms with Crippen molar-refractivity contribution in [1.82, 2.24) is 9.97 Å². The molecule has 0 amide bonds. The van der Waals surface area contributed by atoms with Crippen molar-refractivity contribution in [3.8, 4) is 0 Å². The molecule has 1 heterocycles. The first-order valence-corrected chi connectivity index (χ1v) is 6.83. The first-order chi connectivity index (χ1) is 9.78. The van der Waals surface area contributed by atoms with Gasteiger partial charge in [-0.05, 0) is 36.6 Å². The van der Waals surface area contributed by atoms with Gasteiger partial charge in [0.2, 0.25) is 5.95 Å². The lowest BCUT2D eigenvalue weighted by Crippen LogP contribution is -2.09. The number of hydrogen-bond acceptors (Lipinski definition) is 4. The molecule has 2 rings (SSSR count). The molecule has 0 aliphatic rings. The van der Waals surface area contributed by atoms with Crippen LogP contribution in [0.2, 0.25) is 0 Å². The number of nitrogens with zero attached hydrogens (tertiary/aromatic N) is 2. The third-order valence-electron chi connectivity index (χ3n) is 2.80. The summed E-state index contributed by atoms with van der Waals surface area (Å²) in [5.41, 5.74) is 0.968. The second kappa shape index (κ2) is 7.43. The smallest absolute Gasteiger partial charge is 0.224 e. The fourth-order valence-electron chi connectivity index (χ4n) is 1.81. The van der Waals surface area contributed by atoms with E-state index < -0.39 is 0 Å². The van der Waals surface area contributed by atoms with Crippen LogP contribution in [0.1, 0.15) is 18.9 Å². The highest BCUT2D eigenvalue weighted by atomic mass is 19.1. The van der Waals surface area contributed by atoms with E-state index in [2.05, 4.69) is 27.5 Å². The van der Waals surface area contributed by atoms with Gasteiger partial charge in [-0.25, -0.2) is 9.37 Å². The van der Waals surface area contributed by atoms with E-state index in [-0.39, 0.29) is 5.82 Å². The first-order valence-electron chi connectivity index (χ1n) is 6.83. The van der Waals surface area contributed by atoms with Crippen LogP contribution in [-0.4, -0.2) is 23.1 Å². The van der Waals surface area contributed by atoms with Crippen LogP contribution in [0.25, 0.3) is 0 Å². The highest BCUT2D eigenvalue weighted by molar-refractivity contribution is 5.39. The number of rotatable bonds is 7. The molecule has 1 aromatic carbocycles. The summed E-state index contributed by atoms with van der Waals surface area (Å²) in [5, 5.41) is 6.35. The fourth-order valence-corrected chi connectivity index (χ4v) is 1.81. The largest absolute Gasteiger partial charge is 0.370 e. The van der Waals surface area contributed by atoms with E-state index in [1.807, 2.05) is 12.1 Å². The van der Waals surface area contributed by atoms with Gasteiger partial charge < -0.3 is 10.6 Å². The summed E-state index contributed by atoms with van der Waals surface area (Å²) < 4.78 is 13.0. The highest BCUT2D eigenvalue weighted by Crippen LogP contribution is 2.07. The topological polar surface area (TPSA) is 49.8 Å². The van der Waals surface area contributed by atoms with E-state index in [1.165, 1.54) is 6.07 Å². The third kappa shape index (κ3) is 4.50. The summed E-state index contributed by atoms with van der Waals surface area (Å²) in [4.78, 5) is 8.49. The summed E-state index contributed by atoms with van der Waals surface area (Å²) in [6, 6.07) is 8.46. The molecule has 4 nitrogen and oxygen atoms in total. The van der Waals surface area contributed by atoms with Gasteiger partial charge in [-0.3, -0.25) is 0 Å². The number of anilines is 2. The van der Waals surface area contributed by atoms with Crippen LogP contribution in [0.15, 0.2) is 36.5 Å². The Morgan fingerprint density at radius 2 is 2.05 bits per heavy atom. The Kier molecular flexibility index (Phi) is 5.29. The van der Waals surface area contributed by atoms with Gasteiger partial charge in [0, 0.05) is 19.3 Å². The number of nitrogens with one attached hydrogen (secondary N) is 2. The second-order valence-electron chi connectivity index (χ2n) is 4.50. The number of halogens is 1. The van der Waals surface area contributed by atoms with Gasteiger partial charge in [-0.2, -0.15) is 4.98 Å². The van der Waals surface area contributed by atoms with Crippen LogP contribution >= 0.6 is 0 Å². The average Bonchev–Trinajstić information content (AvgIpc) is 2.46. The van der Waals surface area contributed by atoms with Gasteiger partial charge in [-0.15, -0.1) is 0 Å². The van der Waals surface area contributed by atoms with Crippen molar-refractivity contribution >= 4 is 11.8 Å². The minimum absolute atomic E-state index is 0.199. The van der Waals surface area contributed by atoms with E-state index in [9.17, 15) is 4.39 Å². The van der Waals surface area contributed by atoms with Crippen molar-refractivity contribution < 1.29 is 4.39 Å². The third-order valence-corrected chi connectivity index (χ3v) is 2.80. The highest BCUT2D eigenvalue weighted by Gasteiger charge is 1.99. The van der Waals surface area contributed by atoms with Crippen molar-refractivity contribution in [2.45, 2.75) is 19.8 Å². The summed E-state index contributed by atoms with van der Waals surface area (Å²) in [7, 11) is 0. The molecular formula is C15H19FN4. The number of aromatic nitrogens is 2. The SMILES string of the molecule is CCCNc1nccc(NCCc2cccc(F)c2)n1. The van der Waals surface area contributed by atoms with Gasteiger partial charge in [0.1, 0.15) is 11.6 Å². The second-order valence-corrected chi connectivity index (χ2v) is 4.50. The van der Waals surface area contributed by atoms with Gasteiger partial charge in [0.25, 0.3) is 0 Å². The molecule has 0 bridgehead atoms. The molecule has 2 N–H and O–H groups in total. The number of benzene rings is 1. The van der Waals surface area contributed by atoms with Crippen LogP contribution in [-0.2, 0) is 6.42 Å². The summed E-state index contributed by atoms with van der Waals surface area (Å²) in [5.74, 6) is 1.20. The fraction of sp³-hybridized carbons (Fsp3) is 0.333. The number of hydrogen-bond donors (Lipinski definition) is 2. The van der Waals surface area contributed by atoms with Gasteiger partial charge in [-0.1, -0.05) is 19.1 Å². The van der Waals surface area contributed by atoms with Crippen molar-refractivity contribution in [2.75, 3.05) is 23.7 Å². The Morgan fingerprint density at radius 1 is 1.15 bits per heavy atom. The van der Waals surface area contributed by atoms with E-state index in [4.69, 9.17) is 0 Å². The van der Waals surface area contributed by atoms with Crippen LogP contribution in [0.5, 0.6) is 0 Å². The van der Waals surface area contributed by atoms with Crippen molar-refractivity contribution in [3.05, 3.63) is 47.9 Å². The van der Waals surface area contributed by atoms with E-state index in [0.29, 0.717) is 12.5 Å². The molecule has 0 unspecified atom stereocenters. The monoisotopic (exact) mass is 274 g/mol. The molecule has 0 saturated heterocycles. The molecule has 0 atom stereocenters. The maximum absolute atomic E-state index is 13.0. The molecule has 0 aliphatic heterocycles.